The van der Waals surface area contributed by atoms with E-state index < -0.39 is 10.0 Å². The van der Waals surface area contributed by atoms with Crippen LogP contribution >= 0.6 is 23.8 Å². The Morgan fingerprint density at radius 3 is 2.30 bits per heavy atom. The fourth-order valence-electron chi connectivity index (χ4n) is 2.65. The lowest BCUT2D eigenvalue weighted by atomic mass is 10.2. The molecule has 0 bridgehead atoms. The van der Waals surface area contributed by atoms with Gasteiger partial charge < -0.3 is 15.4 Å². The number of sulfonamides is 1. The van der Waals surface area contributed by atoms with Crippen LogP contribution in [-0.4, -0.2) is 20.6 Å². The minimum atomic E-state index is -3.96. The molecule has 0 heterocycles. The smallest absolute Gasteiger partial charge is 0.263 e. The molecule has 0 radical (unpaired) electrons. The summed E-state index contributed by atoms with van der Waals surface area (Å²) < 4.78 is 33.6. The maximum atomic E-state index is 12.9. The highest BCUT2D eigenvalue weighted by Gasteiger charge is 2.20. The van der Waals surface area contributed by atoms with Crippen molar-refractivity contribution < 1.29 is 13.2 Å². The molecule has 9 heteroatoms. The Kier molecular flexibility index (Phi) is 6.81. The topological polar surface area (TPSA) is 79.5 Å². The Morgan fingerprint density at radius 1 is 0.967 bits per heavy atom. The summed E-state index contributed by atoms with van der Waals surface area (Å²) in [5, 5.41) is 6.43. The van der Waals surface area contributed by atoms with Crippen molar-refractivity contribution in [2.75, 3.05) is 22.5 Å². The van der Waals surface area contributed by atoms with Crippen molar-refractivity contribution in [3.63, 3.8) is 0 Å². The summed E-state index contributed by atoms with van der Waals surface area (Å²) >= 11 is 11.5. The molecular weight excluding hydrogens is 442 g/mol. The first-order valence-electron chi connectivity index (χ1n) is 8.88. The van der Waals surface area contributed by atoms with Gasteiger partial charge in [0.2, 0.25) is 0 Å². The Labute approximate surface area is 186 Å². The maximum Gasteiger partial charge on any atom is 0.263 e. The Hall–Kier alpha value is -2.81. The number of rotatable bonds is 6. The van der Waals surface area contributed by atoms with Crippen LogP contribution in [0, 0.1) is 6.92 Å². The van der Waals surface area contributed by atoms with Gasteiger partial charge in [-0.3, -0.25) is 4.72 Å². The largest absolute Gasteiger partial charge is 0.495 e. The van der Waals surface area contributed by atoms with Gasteiger partial charge in [-0.2, -0.15) is 0 Å². The van der Waals surface area contributed by atoms with Gasteiger partial charge in [-0.15, -0.1) is 0 Å². The molecular formula is C21H20ClN3O3S2. The molecule has 0 aliphatic rings. The molecule has 0 atom stereocenters. The average Bonchev–Trinajstić information content (AvgIpc) is 2.71. The summed E-state index contributed by atoms with van der Waals surface area (Å²) in [5.41, 5.74) is 2.74. The Bertz CT molecular complexity index is 1170. The van der Waals surface area contributed by atoms with E-state index in [1.54, 1.807) is 30.3 Å². The molecule has 3 aromatic carbocycles. The molecule has 3 N–H and O–H groups in total. The number of aryl methyl sites for hydroxylation is 1. The molecule has 0 aromatic heterocycles. The van der Waals surface area contributed by atoms with E-state index in [-0.39, 0.29) is 9.92 Å². The van der Waals surface area contributed by atoms with Crippen LogP contribution in [0.15, 0.2) is 71.6 Å². The molecule has 156 valence electrons. The van der Waals surface area contributed by atoms with Gasteiger partial charge in [-0.1, -0.05) is 41.4 Å². The minimum absolute atomic E-state index is 0.0837. The van der Waals surface area contributed by atoms with Crippen LogP contribution < -0.4 is 20.1 Å². The number of nitrogens with one attached hydrogen (secondary N) is 3. The summed E-state index contributed by atoms with van der Waals surface area (Å²) in [7, 11) is -2.50. The third-order valence-electron chi connectivity index (χ3n) is 4.14. The van der Waals surface area contributed by atoms with Gasteiger partial charge in [0.1, 0.15) is 10.6 Å². The molecule has 30 heavy (non-hydrogen) atoms. The molecule has 0 amide bonds. The highest BCUT2D eigenvalue weighted by molar-refractivity contribution is 7.92. The van der Waals surface area contributed by atoms with E-state index in [2.05, 4.69) is 15.4 Å². The van der Waals surface area contributed by atoms with Crippen LogP contribution in [0.1, 0.15) is 5.56 Å². The first-order chi connectivity index (χ1) is 14.3. The van der Waals surface area contributed by atoms with Crippen LogP contribution in [0.2, 0.25) is 5.02 Å². The first kappa shape index (κ1) is 21.9. The van der Waals surface area contributed by atoms with Crippen LogP contribution in [0.3, 0.4) is 0 Å². The van der Waals surface area contributed by atoms with Crippen molar-refractivity contribution in [2.45, 2.75) is 11.8 Å². The zero-order valence-corrected chi connectivity index (χ0v) is 18.7. The van der Waals surface area contributed by atoms with E-state index in [0.717, 1.165) is 11.3 Å². The van der Waals surface area contributed by atoms with Crippen molar-refractivity contribution in [2.24, 2.45) is 0 Å². The van der Waals surface area contributed by atoms with Crippen LogP contribution in [0.25, 0.3) is 0 Å². The van der Waals surface area contributed by atoms with E-state index >= 15 is 0 Å². The second kappa shape index (κ2) is 9.34. The molecule has 0 aliphatic carbocycles. The van der Waals surface area contributed by atoms with Gasteiger partial charge in [-0.25, -0.2) is 8.42 Å². The first-order valence-corrected chi connectivity index (χ1v) is 11.2. The van der Waals surface area contributed by atoms with Gasteiger partial charge >= 0.3 is 0 Å². The highest BCUT2D eigenvalue weighted by atomic mass is 35.5. The number of para-hydroxylation sites is 2. The van der Waals surface area contributed by atoms with Crippen molar-refractivity contribution in [3.8, 4) is 5.75 Å². The molecule has 3 rings (SSSR count). The summed E-state index contributed by atoms with van der Waals surface area (Å²) in [6.45, 7) is 2.00. The molecule has 0 saturated carbocycles. The lowest BCUT2D eigenvalue weighted by Gasteiger charge is -2.15. The SMILES string of the molecule is COc1ccccc1NS(=O)(=O)c1cc(NC(=S)Nc2ccc(C)cc2)ccc1Cl. The van der Waals surface area contributed by atoms with Gasteiger partial charge in [0.15, 0.2) is 5.11 Å². The lowest BCUT2D eigenvalue weighted by molar-refractivity contribution is 0.417. The van der Waals surface area contributed by atoms with Gasteiger partial charge in [0.25, 0.3) is 10.0 Å². The number of ether oxygens (including phenoxy) is 1. The number of halogens is 1. The summed E-state index contributed by atoms with van der Waals surface area (Å²) in [6, 6.07) is 19.0. The van der Waals surface area contributed by atoms with E-state index in [1.807, 2.05) is 31.2 Å². The molecule has 0 spiro atoms. The van der Waals surface area contributed by atoms with Crippen LogP contribution in [0.4, 0.5) is 17.1 Å². The fourth-order valence-corrected chi connectivity index (χ4v) is 4.48. The Morgan fingerprint density at radius 2 is 1.60 bits per heavy atom. The molecule has 6 nitrogen and oxygen atoms in total. The van der Waals surface area contributed by atoms with Crippen molar-refractivity contribution in [3.05, 3.63) is 77.3 Å². The number of hydrogen-bond donors (Lipinski definition) is 3. The second-order valence-electron chi connectivity index (χ2n) is 6.40. The number of anilines is 3. The fraction of sp³-hybridized carbons (Fsp3) is 0.0952. The second-order valence-corrected chi connectivity index (χ2v) is 8.86. The van der Waals surface area contributed by atoms with E-state index in [9.17, 15) is 8.42 Å². The molecule has 0 unspecified atom stereocenters. The quantitative estimate of drug-likeness (QED) is 0.434. The van der Waals surface area contributed by atoms with Gasteiger partial charge in [-0.05, 0) is 61.6 Å². The normalized spacial score (nSPS) is 10.9. The summed E-state index contributed by atoms with van der Waals surface area (Å²) in [5.74, 6) is 0.398. The van der Waals surface area contributed by atoms with E-state index in [4.69, 9.17) is 28.6 Å². The summed E-state index contributed by atoms with van der Waals surface area (Å²) in [4.78, 5) is -0.0850. The zero-order valence-electron chi connectivity index (χ0n) is 16.3. The Balaban J connectivity index is 1.80. The monoisotopic (exact) mass is 461 g/mol. The molecule has 3 aromatic rings. The summed E-state index contributed by atoms with van der Waals surface area (Å²) in [6.07, 6.45) is 0. The zero-order chi connectivity index (χ0) is 21.7. The van der Waals surface area contributed by atoms with Crippen molar-refractivity contribution in [1.29, 1.82) is 0 Å². The third kappa shape index (κ3) is 5.41. The molecule has 0 aliphatic heterocycles. The maximum absolute atomic E-state index is 12.9. The number of thiocarbonyl (C=S) groups is 1. The predicted molar refractivity (Wildman–Crippen MR) is 126 cm³/mol. The number of benzene rings is 3. The number of hydrogen-bond acceptors (Lipinski definition) is 4. The molecule has 0 saturated heterocycles. The third-order valence-corrected chi connectivity index (χ3v) is 6.19. The van der Waals surface area contributed by atoms with E-state index in [0.29, 0.717) is 22.2 Å². The highest BCUT2D eigenvalue weighted by Crippen LogP contribution is 2.30. The van der Waals surface area contributed by atoms with Crippen LogP contribution in [-0.2, 0) is 10.0 Å². The lowest BCUT2D eigenvalue weighted by Crippen LogP contribution is -2.20. The predicted octanol–water partition coefficient (Wildman–Crippen LogP) is 5.27. The number of methoxy groups -OCH3 is 1. The molecule has 0 fully saturated rings. The van der Waals surface area contributed by atoms with Crippen molar-refractivity contribution in [1.82, 2.24) is 0 Å². The minimum Gasteiger partial charge on any atom is -0.495 e. The standard InChI is InChI=1S/C21H20ClN3O3S2/c1-14-7-9-15(10-8-14)23-21(29)24-16-11-12-17(22)20(13-16)30(26,27)25-18-5-3-4-6-19(18)28-2/h3-13,25H,1-2H3,(H2,23,24,29). The van der Waals surface area contributed by atoms with Gasteiger partial charge in [0.05, 0.1) is 17.8 Å². The van der Waals surface area contributed by atoms with Crippen LogP contribution in [0.5, 0.6) is 5.75 Å². The average molecular weight is 462 g/mol. The van der Waals surface area contributed by atoms with Gasteiger partial charge in [0, 0.05) is 11.4 Å². The van der Waals surface area contributed by atoms with E-state index in [1.165, 1.54) is 19.2 Å². The van der Waals surface area contributed by atoms with Crippen molar-refractivity contribution >= 4 is 56.0 Å².